The predicted molar refractivity (Wildman–Crippen MR) is 142 cm³/mol. The second-order valence-corrected chi connectivity index (χ2v) is 14.1. The van der Waals surface area contributed by atoms with Gasteiger partial charge in [0.15, 0.2) is 25.0 Å². The molecule has 3 aliphatic heterocycles. The molecule has 8 unspecified atom stereocenters. The van der Waals surface area contributed by atoms with Crippen LogP contribution < -0.4 is 0 Å². The molecule has 3 rings (SSSR count). The van der Waals surface area contributed by atoms with Gasteiger partial charge in [-0.1, -0.05) is 13.8 Å². The lowest BCUT2D eigenvalue weighted by Gasteiger charge is -2.48. The minimum Gasteiger partial charge on any atom is -0.390 e. The van der Waals surface area contributed by atoms with Gasteiger partial charge in [-0.2, -0.15) is 25.3 Å². The monoisotopic (exact) mass is 738 g/mol. The van der Waals surface area contributed by atoms with Gasteiger partial charge in [-0.25, -0.2) is 12.5 Å². The van der Waals surface area contributed by atoms with Crippen LogP contribution >= 0.6 is 0 Å². The van der Waals surface area contributed by atoms with E-state index in [9.17, 15) is 50.2 Å². The first kappa shape index (κ1) is 39.6. The molecule has 0 spiro atoms. The summed E-state index contributed by atoms with van der Waals surface area (Å²) < 4.78 is 142. The van der Waals surface area contributed by atoms with E-state index in [2.05, 4.69) is 12.5 Å². The molecule has 0 aliphatic carbocycles. The molecule has 46 heavy (non-hydrogen) atoms. The van der Waals surface area contributed by atoms with Gasteiger partial charge in [-0.15, -0.1) is 0 Å². The van der Waals surface area contributed by atoms with Crippen molar-refractivity contribution in [1.82, 2.24) is 0 Å². The topological polar surface area (TPSA) is 327 Å². The highest BCUT2D eigenvalue weighted by molar-refractivity contribution is 7.81. The second kappa shape index (κ2) is 15.4. The third kappa shape index (κ3) is 10.4. The smallest absolute Gasteiger partial charge is 0.390 e. The molecule has 0 saturated carbocycles. The van der Waals surface area contributed by atoms with Crippen molar-refractivity contribution < 1.29 is 100 Å². The summed E-state index contributed by atoms with van der Waals surface area (Å²) in [7, 11) is -14.1. The van der Waals surface area contributed by atoms with E-state index in [1.165, 1.54) is 27.9 Å². The summed E-state index contributed by atoms with van der Waals surface area (Å²) in [5.74, 6) is -1.95. The van der Waals surface area contributed by atoms with Crippen LogP contribution in [0.3, 0.4) is 0 Å². The van der Waals surface area contributed by atoms with Crippen LogP contribution in [0.5, 0.6) is 0 Å². The number of hydrogen-bond donors (Lipinski definition) is 7. The van der Waals surface area contributed by atoms with Gasteiger partial charge in [0.05, 0.1) is 31.5 Å². The summed E-state index contributed by atoms with van der Waals surface area (Å²) in [6, 6.07) is 0. The average molecular weight is 739 g/mol. The minimum atomic E-state index is -5.37. The van der Waals surface area contributed by atoms with Crippen molar-refractivity contribution in [3.05, 3.63) is 0 Å². The summed E-state index contributed by atoms with van der Waals surface area (Å²) in [5, 5.41) is 42.9. The maximum atomic E-state index is 11.8. The fourth-order valence-corrected chi connectivity index (χ4v) is 6.24. The molecule has 3 saturated heterocycles. The maximum Gasteiger partial charge on any atom is 0.397 e. The van der Waals surface area contributed by atoms with Crippen molar-refractivity contribution in [3.63, 3.8) is 0 Å². The fraction of sp³-hybridized carbons (Fsp3) is 1.00. The molecule has 272 valence electrons. The van der Waals surface area contributed by atoms with Gasteiger partial charge in [0, 0.05) is 18.9 Å². The van der Waals surface area contributed by atoms with Crippen molar-refractivity contribution in [2.24, 2.45) is 11.8 Å². The molecule has 0 bridgehead atoms. The molecule has 25 heteroatoms. The SMILES string of the molecule is COC1OC(COS(=O)(=O)O)C(O[C@H]2O[C@@H](C)[C@@H](OC3OC(COS(=O)(=O)O)C(O)[C@H](O)[C@H]3C)C(O)C2OS(=O)(=O)O)[C@H](O)[C@H]1C. The van der Waals surface area contributed by atoms with Crippen molar-refractivity contribution in [1.29, 1.82) is 0 Å². The molecule has 3 fully saturated rings. The largest absolute Gasteiger partial charge is 0.397 e. The van der Waals surface area contributed by atoms with Gasteiger partial charge < -0.3 is 48.8 Å². The van der Waals surface area contributed by atoms with Crippen LogP contribution in [0.4, 0.5) is 0 Å². The number of rotatable bonds is 13. The normalized spacial score (nSPS) is 43.0. The van der Waals surface area contributed by atoms with E-state index in [0.717, 1.165) is 0 Å². The van der Waals surface area contributed by atoms with Gasteiger partial charge >= 0.3 is 31.2 Å². The molecule has 15 atom stereocenters. The van der Waals surface area contributed by atoms with Gasteiger partial charge in [0.25, 0.3) is 0 Å². The lowest BCUT2D eigenvalue weighted by atomic mass is 9.91. The zero-order chi connectivity index (χ0) is 34.9. The van der Waals surface area contributed by atoms with E-state index >= 15 is 0 Å². The van der Waals surface area contributed by atoms with Crippen molar-refractivity contribution in [2.45, 2.75) is 101 Å². The van der Waals surface area contributed by atoms with Crippen LogP contribution in [0.1, 0.15) is 20.8 Å². The highest BCUT2D eigenvalue weighted by Crippen LogP contribution is 2.36. The third-order valence-electron chi connectivity index (χ3n) is 7.55. The number of ether oxygens (including phenoxy) is 6. The molecule has 0 amide bonds. The van der Waals surface area contributed by atoms with Crippen LogP contribution in [0.2, 0.25) is 0 Å². The van der Waals surface area contributed by atoms with E-state index in [4.69, 9.17) is 37.5 Å². The molecule has 7 N–H and O–H groups in total. The molecular weight excluding hydrogens is 700 g/mol. The number of hydrogen-bond acceptors (Lipinski definition) is 19. The molecule has 3 heterocycles. The maximum absolute atomic E-state index is 11.8. The molecule has 0 aromatic carbocycles. The van der Waals surface area contributed by atoms with Crippen molar-refractivity contribution in [3.8, 4) is 0 Å². The Morgan fingerprint density at radius 2 is 1.07 bits per heavy atom. The van der Waals surface area contributed by atoms with E-state index in [0.29, 0.717) is 0 Å². The number of methoxy groups -OCH3 is 1. The summed E-state index contributed by atoms with van der Waals surface area (Å²) in [5.41, 5.74) is 0. The lowest BCUT2D eigenvalue weighted by molar-refractivity contribution is -0.365. The molecule has 22 nitrogen and oxygen atoms in total. The summed E-state index contributed by atoms with van der Waals surface area (Å²) in [4.78, 5) is 0. The highest BCUT2D eigenvalue weighted by Gasteiger charge is 2.54. The summed E-state index contributed by atoms with van der Waals surface area (Å²) in [6.07, 6.45) is -21.5. The van der Waals surface area contributed by atoms with E-state index in [1.807, 2.05) is 0 Å². The van der Waals surface area contributed by atoms with Crippen LogP contribution in [0, 0.1) is 11.8 Å². The quantitative estimate of drug-likeness (QED) is 0.0889. The first-order chi connectivity index (χ1) is 21.0. The third-order valence-corrected chi connectivity index (χ3v) is 8.88. The minimum absolute atomic E-state index is 0.871. The molecular formula is C21H38O22S3. The average Bonchev–Trinajstić information content (AvgIpc) is 2.92. The Labute approximate surface area is 264 Å². The lowest BCUT2D eigenvalue weighted by Crippen LogP contribution is -2.65. The first-order valence-corrected chi connectivity index (χ1v) is 17.5. The van der Waals surface area contributed by atoms with Crippen molar-refractivity contribution in [2.75, 3.05) is 20.3 Å². The first-order valence-electron chi connectivity index (χ1n) is 13.4. The van der Waals surface area contributed by atoms with Crippen LogP contribution in [0.25, 0.3) is 0 Å². The van der Waals surface area contributed by atoms with Crippen LogP contribution in [0.15, 0.2) is 0 Å². The Hall–Kier alpha value is -0.790. The molecule has 0 aromatic heterocycles. The predicted octanol–water partition coefficient (Wildman–Crippen LogP) is -3.86. The Morgan fingerprint density at radius 3 is 1.59 bits per heavy atom. The zero-order valence-corrected chi connectivity index (χ0v) is 27.0. The van der Waals surface area contributed by atoms with Crippen LogP contribution in [-0.4, -0.2) is 160 Å². The summed E-state index contributed by atoms with van der Waals surface area (Å²) >= 11 is 0. The Kier molecular flexibility index (Phi) is 13.3. The highest BCUT2D eigenvalue weighted by atomic mass is 32.3. The number of aliphatic hydroxyl groups is 4. The van der Waals surface area contributed by atoms with Gasteiger partial charge in [0.2, 0.25) is 0 Å². The van der Waals surface area contributed by atoms with E-state index in [1.54, 1.807) is 0 Å². The van der Waals surface area contributed by atoms with Gasteiger partial charge in [-0.3, -0.25) is 13.7 Å². The zero-order valence-electron chi connectivity index (χ0n) is 24.6. The molecule has 3 aliphatic rings. The number of aliphatic hydroxyl groups excluding tert-OH is 4. The Balaban J connectivity index is 1.86. The van der Waals surface area contributed by atoms with Crippen LogP contribution in [-0.2, 0) is 72.2 Å². The van der Waals surface area contributed by atoms with E-state index in [-0.39, 0.29) is 0 Å². The van der Waals surface area contributed by atoms with Crippen molar-refractivity contribution >= 4 is 31.2 Å². The standard InChI is InChI=1S/C21H38O22S3/c1-7-12(22)14(24)10(5-36-44(26,27)28)39-20(7)41-16-9(3)38-21(18(15(16)25)43-46(32,33)34)42-17-11(6-37-45(29,30)31)40-19(35-4)8(2)13(17)23/h7-25H,5-6H2,1-4H3,(H,26,27,28)(H,29,30,31)(H,32,33,34)/t7-,8-,9+,10?,11?,12-,13-,14?,15?,16-,17?,18?,19?,20?,21-/m1/s1. The summed E-state index contributed by atoms with van der Waals surface area (Å²) in [6.45, 7) is 2.17. The fourth-order valence-electron chi connectivity index (χ4n) is 5.14. The Morgan fingerprint density at radius 1 is 0.565 bits per heavy atom. The Bertz CT molecular complexity index is 1330. The molecule has 0 aromatic rings. The van der Waals surface area contributed by atoms with Gasteiger partial charge in [0.1, 0.15) is 36.6 Å². The molecule has 0 radical (unpaired) electrons. The van der Waals surface area contributed by atoms with Gasteiger partial charge in [-0.05, 0) is 6.92 Å². The second-order valence-electron chi connectivity index (χ2n) is 10.8. The van der Waals surface area contributed by atoms with E-state index < -0.39 is 136 Å².